The topological polar surface area (TPSA) is 113 Å². The lowest BCUT2D eigenvalue weighted by atomic mass is 10.1. The zero-order valence-electron chi connectivity index (χ0n) is 14.8. The smallest absolute Gasteiger partial charge is 0.230 e. The SMILES string of the molecule is Cc1cc(C)c(Nc2ccnc(Nc3ccc(C#N)c(N)n3)n2)c(C)c1. The molecule has 0 bridgehead atoms. The highest BCUT2D eigenvalue weighted by Crippen LogP contribution is 2.25. The van der Waals surface area contributed by atoms with Crippen LogP contribution >= 0.6 is 0 Å². The number of benzene rings is 1. The van der Waals surface area contributed by atoms with Crippen molar-refractivity contribution in [3.63, 3.8) is 0 Å². The Labute approximate surface area is 151 Å². The van der Waals surface area contributed by atoms with Gasteiger partial charge in [-0.1, -0.05) is 17.7 Å². The number of aromatic nitrogens is 3. The van der Waals surface area contributed by atoms with E-state index >= 15 is 0 Å². The zero-order chi connectivity index (χ0) is 18.7. The third-order valence-electron chi connectivity index (χ3n) is 3.87. The number of nitrogens with one attached hydrogen (secondary N) is 2. The molecule has 0 aliphatic carbocycles. The summed E-state index contributed by atoms with van der Waals surface area (Å²) in [5.74, 6) is 1.69. The molecular weight excluding hydrogens is 326 g/mol. The van der Waals surface area contributed by atoms with Gasteiger partial charge in [-0.2, -0.15) is 10.2 Å². The van der Waals surface area contributed by atoms with E-state index in [9.17, 15) is 0 Å². The molecule has 3 rings (SSSR count). The summed E-state index contributed by atoms with van der Waals surface area (Å²) in [6.45, 7) is 6.20. The quantitative estimate of drug-likeness (QED) is 0.660. The van der Waals surface area contributed by atoms with Crippen LogP contribution in [-0.4, -0.2) is 15.0 Å². The molecule has 4 N–H and O–H groups in total. The minimum absolute atomic E-state index is 0.165. The normalized spacial score (nSPS) is 10.2. The van der Waals surface area contributed by atoms with Crippen LogP contribution in [0.4, 0.5) is 29.1 Å². The fraction of sp³-hybridized carbons (Fsp3) is 0.158. The van der Waals surface area contributed by atoms with E-state index in [1.807, 2.05) is 6.07 Å². The first-order chi connectivity index (χ1) is 12.5. The second kappa shape index (κ2) is 7.07. The molecule has 1 aromatic carbocycles. The summed E-state index contributed by atoms with van der Waals surface area (Å²) in [6, 6.07) is 11.3. The first kappa shape index (κ1) is 17.2. The van der Waals surface area contributed by atoms with Gasteiger partial charge < -0.3 is 16.4 Å². The van der Waals surface area contributed by atoms with Crippen molar-refractivity contribution in [3.8, 4) is 6.07 Å². The third kappa shape index (κ3) is 3.70. The average molecular weight is 345 g/mol. The van der Waals surface area contributed by atoms with Gasteiger partial charge in [0.25, 0.3) is 0 Å². The van der Waals surface area contributed by atoms with Gasteiger partial charge >= 0.3 is 0 Å². The van der Waals surface area contributed by atoms with E-state index in [4.69, 9.17) is 11.0 Å². The second-order valence-electron chi connectivity index (χ2n) is 6.03. The fourth-order valence-electron chi connectivity index (χ4n) is 2.75. The van der Waals surface area contributed by atoms with Crippen LogP contribution in [0, 0.1) is 32.1 Å². The Morgan fingerprint density at radius 1 is 0.962 bits per heavy atom. The summed E-state index contributed by atoms with van der Waals surface area (Å²) >= 11 is 0. The molecule has 0 saturated heterocycles. The molecule has 0 amide bonds. The Morgan fingerprint density at radius 3 is 2.31 bits per heavy atom. The van der Waals surface area contributed by atoms with Gasteiger partial charge in [-0.3, -0.25) is 0 Å². The minimum atomic E-state index is 0.165. The summed E-state index contributed by atoms with van der Waals surface area (Å²) in [5.41, 5.74) is 10.6. The Kier molecular flexibility index (Phi) is 4.67. The number of nitrogens with two attached hydrogens (primary N) is 1. The minimum Gasteiger partial charge on any atom is -0.383 e. The van der Waals surface area contributed by atoms with Gasteiger partial charge in [-0.05, 0) is 50.1 Å². The van der Waals surface area contributed by atoms with Crippen LogP contribution in [0.1, 0.15) is 22.3 Å². The van der Waals surface area contributed by atoms with Crippen LogP contribution < -0.4 is 16.4 Å². The predicted octanol–water partition coefficient (Wildman–Crippen LogP) is 3.74. The fourth-order valence-corrected chi connectivity index (χ4v) is 2.75. The van der Waals surface area contributed by atoms with Gasteiger partial charge in [-0.15, -0.1) is 0 Å². The van der Waals surface area contributed by atoms with Crippen LogP contribution in [0.5, 0.6) is 0 Å². The number of nitrogens with zero attached hydrogens (tertiary/aromatic N) is 4. The molecule has 0 aliphatic rings. The molecule has 0 atom stereocenters. The molecule has 0 radical (unpaired) electrons. The number of nitrogen functional groups attached to an aromatic ring is 1. The largest absolute Gasteiger partial charge is 0.383 e. The van der Waals surface area contributed by atoms with Crippen LogP contribution in [0.15, 0.2) is 36.5 Å². The summed E-state index contributed by atoms with van der Waals surface area (Å²) in [5, 5.41) is 15.3. The maximum atomic E-state index is 8.91. The van der Waals surface area contributed by atoms with E-state index in [0.29, 0.717) is 23.1 Å². The van der Waals surface area contributed by atoms with Crippen molar-refractivity contribution >= 4 is 29.1 Å². The monoisotopic (exact) mass is 345 g/mol. The van der Waals surface area contributed by atoms with Crippen molar-refractivity contribution in [2.24, 2.45) is 0 Å². The number of hydrogen-bond acceptors (Lipinski definition) is 7. The molecule has 0 unspecified atom stereocenters. The van der Waals surface area contributed by atoms with Gasteiger partial charge in [0.1, 0.15) is 23.5 Å². The van der Waals surface area contributed by atoms with Crippen molar-refractivity contribution in [2.45, 2.75) is 20.8 Å². The second-order valence-corrected chi connectivity index (χ2v) is 6.03. The van der Waals surface area contributed by atoms with Gasteiger partial charge in [0.05, 0.1) is 5.56 Å². The molecule has 0 aliphatic heterocycles. The number of anilines is 5. The molecule has 7 heteroatoms. The van der Waals surface area contributed by atoms with E-state index in [0.717, 1.165) is 16.8 Å². The van der Waals surface area contributed by atoms with Gasteiger partial charge in [0.15, 0.2) is 0 Å². The first-order valence-corrected chi connectivity index (χ1v) is 8.08. The van der Waals surface area contributed by atoms with Gasteiger partial charge in [0, 0.05) is 11.9 Å². The molecule has 3 aromatic rings. The lowest BCUT2D eigenvalue weighted by Gasteiger charge is -2.14. The highest BCUT2D eigenvalue weighted by atomic mass is 15.2. The van der Waals surface area contributed by atoms with E-state index in [1.165, 1.54) is 5.56 Å². The van der Waals surface area contributed by atoms with Gasteiger partial charge in [0.2, 0.25) is 5.95 Å². The van der Waals surface area contributed by atoms with Crippen LogP contribution in [0.25, 0.3) is 0 Å². The highest BCUT2D eigenvalue weighted by Gasteiger charge is 2.07. The summed E-state index contributed by atoms with van der Waals surface area (Å²) < 4.78 is 0. The lowest BCUT2D eigenvalue weighted by molar-refractivity contribution is 1.14. The number of hydrogen-bond donors (Lipinski definition) is 3. The maximum absolute atomic E-state index is 8.91. The van der Waals surface area contributed by atoms with Crippen molar-refractivity contribution in [2.75, 3.05) is 16.4 Å². The molecule has 130 valence electrons. The molecule has 0 spiro atoms. The number of aryl methyl sites for hydroxylation is 3. The molecular formula is C19H19N7. The van der Waals surface area contributed by atoms with Crippen LogP contribution in [-0.2, 0) is 0 Å². The summed E-state index contributed by atoms with van der Waals surface area (Å²) in [4.78, 5) is 12.8. The Bertz CT molecular complexity index is 982. The van der Waals surface area contributed by atoms with Crippen LogP contribution in [0.3, 0.4) is 0 Å². The molecule has 0 fully saturated rings. The first-order valence-electron chi connectivity index (χ1n) is 8.08. The summed E-state index contributed by atoms with van der Waals surface area (Å²) in [6.07, 6.45) is 1.66. The van der Waals surface area contributed by atoms with Gasteiger partial charge in [-0.25, -0.2) is 9.97 Å². The van der Waals surface area contributed by atoms with E-state index in [2.05, 4.69) is 58.5 Å². The van der Waals surface area contributed by atoms with E-state index < -0.39 is 0 Å². The Morgan fingerprint density at radius 2 is 1.65 bits per heavy atom. The third-order valence-corrected chi connectivity index (χ3v) is 3.87. The zero-order valence-corrected chi connectivity index (χ0v) is 14.8. The van der Waals surface area contributed by atoms with Crippen molar-refractivity contribution in [1.82, 2.24) is 15.0 Å². The Hall–Kier alpha value is -3.66. The summed E-state index contributed by atoms with van der Waals surface area (Å²) in [7, 11) is 0. The number of nitriles is 1. The highest BCUT2D eigenvalue weighted by molar-refractivity contribution is 5.66. The number of pyridine rings is 1. The lowest BCUT2D eigenvalue weighted by Crippen LogP contribution is -2.04. The molecule has 26 heavy (non-hydrogen) atoms. The molecule has 2 aromatic heterocycles. The van der Waals surface area contributed by atoms with E-state index in [1.54, 1.807) is 24.4 Å². The standard InChI is InChI=1S/C19H19N7/c1-11-8-12(2)17(13(3)9-11)23-16-6-7-22-19(26-16)25-15-5-4-14(10-20)18(21)24-15/h4-9H,1-3H3,(H4,21,22,23,24,25,26). The molecule has 2 heterocycles. The van der Waals surface area contributed by atoms with Crippen LogP contribution in [0.2, 0.25) is 0 Å². The van der Waals surface area contributed by atoms with Crippen molar-refractivity contribution in [1.29, 1.82) is 5.26 Å². The average Bonchev–Trinajstić information content (AvgIpc) is 2.59. The van der Waals surface area contributed by atoms with Crippen molar-refractivity contribution < 1.29 is 0 Å². The number of rotatable bonds is 4. The predicted molar refractivity (Wildman–Crippen MR) is 103 cm³/mol. The molecule has 0 saturated carbocycles. The maximum Gasteiger partial charge on any atom is 0.230 e. The molecule has 7 nitrogen and oxygen atoms in total. The van der Waals surface area contributed by atoms with Crippen molar-refractivity contribution in [3.05, 3.63) is 58.8 Å². The Balaban J connectivity index is 1.83. The van der Waals surface area contributed by atoms with E-state index in [-0.39, 0.29) is 5.82 Å².